The molecule has 0 saturated carbocycles. The molecule has 0 bridgehead atoms. The van der Waals surface area contributed by atoms with Gasteiger partial charge >= 0.3 is 0 Å². The highest BCUT2D eigenvalue weighted by Gasteiger charge is 2.26. The highest BCUT2D eigenvalue weighted by atomic mass is 28.4. The van der Waals surface area contributed by atoms with E-state index in [-0.39, 0.29) is 10.9 Å². The monoisotopic (exact) mass is 484 g/mol. The van der Waals surface area contributed by atoms with Crippen LogP contribution in [0, 0.1) is 19.7 Å². The molecule has 0 spiro atoms. The molecule has 0 atom stereocenters. The van der Waals surface area contributed by atoms with Crippen molar-refractivity contribution < 1.29 is 13.6 Å². The van der Waals surface area contributed by atoms with Crippen molar-refractivity contribution in [3.63, 3.8) is 0 Å². The summed E-state index contributed by atoms with van der Waals surface area (Å²) < 4.78 is 28.4. The lowest BCUT2D eigenvalue weighted by atomic mass is 10.0. The van der Waals surface area contributed by atoms with Gasteiger partial charge in [0.1, 0.15) is 11.6 Å². The Bertz CT molecular complexity index is 1180. The van der Waals surface area contributed by atoms with E-state index in [1.807, 2.05) is 17.5 Å². The third-order valence-electron chi connectivity index (χ3n) is 7.38. The van der Waals surface area contributed by atoms with Gasteiger partial charge in [-0.1, -0.05) is 32.9 Å². The molecule has 3 heterocycles. The fraction of sp³-hybridized carbons (Fsp3) is 0.538. The predicted molar refractivity (Wildman–Crippen MR) is 137 cm³/mol. The second-order valence-corrected chi connectivity index (χ2v) is 15.6. The Kier molecular flexibility index (Phi) is 6.86. The number of imidazole rings is 1. The molecule has 1 fully saturated rings. The number of aryl methyl sites for hydroxylation is 1. The molecule has 1 aliphatic rings. The van der Waals surface area contributed by atoms with Gasteiger partial charge in [0.25, 0.3) is 0 Å². The zero-order valence-electron chi connectivity index (χ0n) is 21.5. The van der Waals surface area contributed by atoms with Crippen LogP contribution in [0.15, 0.2) is 24.3 Å². The number of ether oxygens (including phenoxy) is 1. The Morgan fingerprint density at radius 1 is 1.15 bits per heavy atom. The third-order valence-corrected chi connectivity index (χ3v) is 11.9. The Balaban J connectivity index is 1.80. The van der Waals surface area contributed by atoms with Crippen LogP contribution in [0.4, 0.5) is 10.2 Å². The molecule has 2 aromatic heterocycles. The average molecular weight is 485 g/mol. The number of fused-ring (bicyclic) bond motifs is 1. The maximum Gasteiger partial charge on any atom is 0.157 e. The molecule has 4 rings (SSSR count). The van der Waals surface area contributed by atoms with E-state index in [0.717, 1.165) is 47.1 Å². The first-order valence-electron chi connectivity index (χ1n) is 12.1. The second-order valence-electron chi connectivity index (χ2n) is 10.8. The lowest BCUT2D eigenvalue weighted by molar-refractivity contribution is 0.122. The largest absolute Gasteiger partial charge is 0.560 e. The van der Waals surface area contributed by atoms with E-state index >= 15 is 0 Å². The number of hydrogen-bond acceptors (Lipinski definition) is 5. The number of morpholine rings is 1. The van der Waals surface area contributed by atoms with Crippen molar-refractivity contribution in [2.24, 2.45) is 0 Å². The van der Waals surface area contributed by atoms with Gasteiger partial charge in [-0.3, -0.25) is 0 Å². The van der Waals surface area contributed by atoms with Crippen molar-refractivity contribution in [1.82, 2.24) is 14.6 Å². The summed E-state index contributed by atoms with van der Waals surface area (Å²) >= 11 is 0. The molecule has 34 heavy (non-hydrogen) atoms. The molecule has 185 valence electrons. The van der Waals surface area contributed by atoms with Crippen LogP contribution in [-0.4, -0.2) is 49.2 Å². The summed E-state index contributed by atoms with van der Waals surface area (Å²) in [5.74, 6) is 0.725. The first-order chi connectivity index (χ1) is 16.0. The Morgan fingerprint density at radius 2 is 1.85 bits per heavy atom. The van der Waals surface area contributed by atoms with Crippen molar-refractivity contribution in [2.45, 2.75) is 65.8 Å². The summed E-state index contributed by atoms with van der Waals surface area (Å²) in [5, 5.41) is 5.11. The van der Waals surface area contributed by atoms with Crippen LogP contribution >= 0.6 is 0 Å². The second kappa shape index (κ2) is 9.39. The topological polar surface area (TPSA) is 51.9 Å². The van der Waals surface area contributed by atoms with Gasteiger partial charge < -0.3 is 14.1 Å². The number of benzene rings is 1. The van der Waals surface area contributed by atoms with Gasteiger partial charge in [0.15, 0.2) is 5.65 Å². The summed E-state index contributed by atoms with van der Waals surface area (Å²) in [7, 11) is -1.97. The Labute approximate surface area is 203 Å². The van der Waals surface area contributed by atoms with Gasteiger partial charge in [-0.05, 0) is 51.0 Å². The zero-order valence-corrected chi connectivity index (χ0v) is 22.5. The average Bonchev–Trinajstić information content (AvgIpc) is 3.13. The van der Waals surface area contributed by atoms with E-state index in [1.54, 1.807) is 6.07 Å². The normalized spacial score (nSPS) is 15.4. The van der Waals surface area contributed by atoms with Gasteiger partial charge in [0.2, 0.25) is 0 Å². The summed E-state index contributed by atoms with van der Waals surface area (Å²) in [6.45, 7) is 18.6. The smallest absolute Gasteiger partial charge is 0.157 e. The molecule has 6 nitrogen and oxygen atoms in total. The standard InChI is InChI=1S/C26H37FN4O2Si/c1-18-15-24(30-11-13-32-14-12-30)29-31-23(16-20-9-8-10-21(27)19(20)2)22(28-25(18)31)17-33-34(6,7)26(3,4)5/h8-10,15H,11-14,16-17H2,1-7H3/q-1. The number of rotatable bonds is 6. The molecule has 3 aromatic rings. The first-order valence-corrected chi connectivity index (χ1v) is 15.0. The van der Waals surface area contributed by atoms with Crippen molar-refractivity contribution in [2.75, 3.05) is 31.2 Å². The van der Waals surface area contributed by atoms with E-state index in [0.29, 0.717) is 31.8 Å². The summed E-state index contributed by atoms with van der Waals surface area (Å²) in [5.41, 5.74) is 5.33. The van der Waals surface area contributed by atoms with Crippen molar-refractivity contribution in [3.8, 4) is 0 Å². The number of hydrogen-bond donors (Lipinski definition) is 0. The third kappa shape index (κ3) is 4.90. The van der Waals surface area contributed by atoms with Crippen molar-refractivity contribution in [1.29, 1.82) is 0 Å². The fourth-order valence-electron chi connectivity index (χ4n) is 3.97. The summed E-state index contributed by atoms with van der Waals surface area (Å²) in [6.07, 6.45) is 0.542. The van der Waals surface area contributed by atoms with Crippen molar-refractivity contribution >= 4 is 19.8 Å². The Hall–Kier alpha value is -2.29. The molecule has 1 aliphatic heterocycles. The van der Waals surface area contributed by atoms with Crippen LogP contribution < -0.4 is 4.90 Å². The van der Waals surface area contributed by atoms with E-state index < -0.39 is 8.32 Å². The molecule has 0 radical (unpaired) electrons. The van der Waals surface area contributed by atoms with E-state index in [2.05, 4.69) is 51.8 Å². The molecule has 0 unspecified atom stereocenters. The molecule has 0 aliphatic carbocycles. The van der Waals surface area contributed by atoms with Crippen LogP contribution in [0.1, 0.15) is 48.8 Å². The van der Waals surface area contributed by atoms with Crippen LogP contribution in [0.3, 0.4) is 0 Å². The minimum atomic E-state index is -1.97. The molecule has 0 amide bonds. The number of nitrogens with zero attached hydrogens (tertiary/aromatic N) is 4. The summed E-state index contributed by atoms with van der Waals surface area (Å²) in [4.78, 5) is 7.24. The number of anilines is 1. The SMILES string of the molecule is Cc1c(F)cccc1Cc1c(CO[Si-](C)(C)C(C)(C)C)nc2c(C)cc(N3CCOCC3)nn12. The fourth-order valence-corrected chi connectivity index (χ4v) is 4.90. The van der Waals surface area contributed by atoms with Gasteiger partial charge in [-0.25, -0.2) is 13.9 Å². The van der Waals surface area contributed by atoms with Gasteiger partial charge in [0, 0.05) is 26.1 Å². The highest BCUT2D eigenvalue weighted by Crippen LogP contribution is 2.37. The lowest BCUT2D eigenvalue weighted by Gasteiger charge is -2.48. The number of aromatic nitrogens is 3. The quantitative estimate of drug-likeness (QED) is 0.437. The molecule has 1 saturated heterocycles. The molecule has 8 heteroatoms. The molecule has 1 aromatic carbocycles. The van der Waals surface area contributed by atoms with Gasteiger partial charge in [-0.2, -0.15) is 0 Å². The molecular formula is C26H37FN4O2Si-. The van der Waals surface area contributed by atoms with Crippen molar-refractivity contribution in [3.05, 3.63) is 58.2 Å². The maximum absolute atomic E-state index is 14.4. The first kappa shape index (κ1) is 24.8. The minimum absolute atomic E-state index is 0.100. The van der Waals surface area contributed by atoms with Crippen LogP contribution in [-0.2, 0) is 22.2 Å². The molecular weight excluding hydrogens is 447 g/mol. The summed E-state index contributed by atoms with van der Waals surface area (Å²) in [6, 6.07) is 7.36. The van der Waals surface area contributed by atoms with E-state index in [9.17, 15) is 4.39 Å². The van der Waals surface area contributed by atoms with E-state index in [1.165, 1.54) is 6.07 Å². The Morgan fingerprint density at radius 3 is 2.53 bits per heavy atom. The lowest BCUT2D eigenvalue weighted by Crippen LogP contribution is -2.40. The number of halogens is 1. The predicted octanol–water partition coefficient (Wildman–Crippen LogP) is 5.43. The molecule has 0 N–H and O–H groups in total. The van der Waals surface area contributed by atoms with Crippen LogP contribution in [0.25, 0.3) is 5.65 Å². The van der Waals surface area contributed by atoms with Gasteiger partial charge in [-0.15, -0.1) is 23.2 Å². The van der Waals surface area contributed by atoms with E-state index in [4.69, 9.17) is 19.2 Å². The maximum atomic E-state index is 14.4. The van der Waals surface area contributed by atoms with Crippen LogP contribution in [0.2, 0.25) is 18.1 Å². The van der Waals surface area contributed by atoms with Gasteiger partial charge in [0.05, 0.1) is 24.6 Å². The van der Waals surface area contributed by atoms with Crippen LogP contribution in [0.5, 0.6) is 0 Å². The minimum Gasteiger partial charge on any atom is -0.560 e. The highest BCUT2D eigenvalue weighted by molar-refractivity contribution is 6.74. The zero-order chi connectivity index (χ0) is 24.7.